The standard InChI is InChI=1S/C24H23N5O4/c1-15-8-10-18(11-9-15)29-17(3)23(16(2)27-29)26-21(30)13-33-22(31)12-28-14-25-20-7-5-4-6-19(20)24(28)32/h4-11,14H,12-13H2,1-3H3,(H,26,30). The van der Waals surface area contributed by atoms with E-state index < -0.39 is 18.5 Å². The number of fused-ring (bicyclic) bond motifs is 1. The Morgan fingerprint density at radius 2 is 1.76 bits per heavy atom. The van der Waals surface area contributed by atoms with Crippen molar-refractivity contribution < 1.29 is 14.3 Å². The van der Waals surface area contributed by atoms with Gasteiger partial charge >= 0.3 is 5.97 Å². The lowest BCUT2D eigenvalue weighted by Gasteiger charge is -2.09. The van der Waals surface area contributed by atoms with Crippen LogP contribution in [0.5, 0.6) is 0 Å². The van der Waals surface area contributed by atoms with Gasteiger partial charge in [0.25, 0.3) is 11.5 Å². The second-order valence-electron chi connectivity index (χ2n) is 7.70. The van der Waals surface area contributed by atoms with Crippen molar-refractivity contribution in [2.24, 2.45) is 0 Å². The molecule has 0 radical (unpaired) electrons. The maximum absolute atomic E-state index is 12.5. The Labute approximate surface area is 189 Å². The van der Waals surface area contributed by atoms with Crippen molar-refractivity contribution in [3.05, 3.63) is 82.2 Å². The molecule has 4 rings (SSSR count). The number of ether oxygens (including phenoxy) is 1. The van der Waals surface area contributed by atoms with Gasteiger partial charge in [0, 0.05) is 0 Å². The van der Waals surface area contributed by atoms with Crippen LogP contribution in [-0.4, -0.2) is 37.8 Å². The Balaban J connectivity index is 1.39. The molecule has 33 heavy (non-hydrogen) atoms. The molecule has 168 valence electrons. The van der Waals surface area contributed by atoms with Crippen LogP contribution >= 0.6 is 0 Å². The summed E-state index contributed by atoms with van der Waals surface area (Å²) < 4.78 is 7.97. The molecular formula is C24H23N5O4. The van der Waals surface area contributed by atoms with Crippen molar-refractivity contribution in [2.75, 3.05) is 11.9 Å². The van der Waals surface area contributed by atoms with Gasteiger partial charge in [-0.2, -0.15) is 5.10 Å². The molecule has 9 heteroatoms. The highest BCUT2D eigenvalue weighted by Crippen LogP contribution is 2.23. The van der Waals surface area contributed by atoms with Gasteiger partial charge in [-0.25, -0.2) is 9.67 Å². The fourth-order valence-electron chi connectivity index (χ4n) is 3.49. The summed E-state index contributed by atoms with van der Waals surface area (Å²) >= 11 is 0. The number of rotatable bonds is 6. The normalized spacial score (nSPS) is 10.9. The largest absolute Gasteiger partial charge is 0.454 e. The van der Waals surface area contributed by atoms with Gasteiger partial charge in [-0.1, -0.05) is 29.8 Å². The predicted octanol–water partition coefficient (Wildman–Crippen LogP) is 2.69. The van der Waals surface area contributed by atoms with Gasteiger partial charge in [0.1, 0.15) is 6.54 Å². The van der Waals surface area contributed by atoms with E-state index in [0.29, 0.717) is 22.3 Å². The van der Waals surface area contributed by atoms with E-state index >= 15 is 0 Å². The molecule has 0 saturated heterocycles. The van der Waals surface area contributed by atoms with Crippen LogP contribution in [-0.2, 0) is 20.9 Å². The smallest absolute Gasteiger partial charge is 0.326 e. The first-order valence-electron chi connectivity index (χ1n) is 10.4. The van der Waals surface area contributed by atoms with Crippen LogP contribution in [0.25, 0.3) is 16.6 Å². The molecule has 4 aromatic rings. The third-order valence-corrected chi connectivity index (χ3v) is 5.23. The van der Waals surface area contributed by atoms with Crippen molar-refractivity contribution in [1.82, 2.24) is 19.3 Å². The van der Waals surface area contributed by atoms with E-state index in [1.165, 1.54) is 6.33 Å². The Hall–Kier alpha value is -4.27. The third-order valence-electron chi connectivity index (χ3n) is 5.23. The van der Waals surface area contributed by atoms with Gasteiger partial charge in [-0.05, 0) is 45.0 Å². The number of carbonyl (C=O) groups is 2. The minimum atomic E-state index is -0.715. The second kappa shape index (κ2) is 9.07. The topological polar surface area (TPSA) is 108 Å². The number of hydrogen-bond donors (Lipinski definition) is 1. The fraction of sp³-hybridized carbons (Fsp3) is 0.208. The number of para-hydroxylation sites is 1. The molecule has 0 aliphatic carbocycles. The minimum Gasteiger partial charge on any atom is -0.454 e. The van der Waals surface area contributed by atoms with Crippen LogP contribution in [0.15, 0.2) is 59.7 Å². The van der Waals surface area contributed by atoms with E-state index in [9.17, 15) is 14.4 Å². The maximum atomic E-state index is 12.5. The average molecular weight is 445 g/mol. The van der Waals surface area contributed by atoms with Crippen LogP contribution in [0.4, 0.5) is 5.69 Å². The van der Waals surface area contributed by atoms with E-state index in [1.807, 2.05) is 38.1 Å². The average Bonchev–Trinajstić information content (AvgIpc) is 3.08. The first-order valence-corrected chi connectivity index (χ1v) is 10.4. The second-order valence-corrected chi connectivity index (χ2v) is 7.70. The van der Waals surface area contributed by atoms with Crippen molar-refractivity contribution >= 4 is 28.5 Å². The number of nitrogens with zero attached hydrogens (tertiary/aromatic N) is 4. The molecule has 0 unspecified atom stereocenters. The minimum absolute atomic E-state index is 0.340. The first-order chi connectivity index (χ1) is 15.8. The molecule has 1 N–H and O–H groups in total. The lowest BCUT2D eigenvalue weighted by molar-refractivity contribution is -0.147. The molecular weight excluding hydrogens is 422 g/mol. The van der Waals surface area contributed by atoms with Crippen LogP contribution in [0.2, 0.25) is 0 Å². The van der Waals surface area contributed by atoms with Crippen LogP contribution < -0.4 is 10.9 Å². The summed E-state index contributed by atoms with van der Waals surface area (Å²) in [6.45, 7) is 4.82. The summed E-state index contributed by atoms with van der Waals surface area (Å²) in [5.41, 5.74) is 4.16. The van der Waals surface area contributed by atoms with Gasteiger partial charge in [0.2, 0.25) is 0 Å². The molecule has 2 heterocycles. The molecule has 2 aromatic carbocycles. The van der Waals surface area contributed by atoms with E-state index in [0.717, 1.165) is 21.5 Å². The Kier molecular flexibility index (Phi) is 6.03. The molecule has 1 amide bonds. The van der Waals surface area contributed by atoms with E-state index in [1.54, 1.807) is 35.9 Å². The number of aryl methyl sites for hydroxylation is 2. The highest BCUT2D eigenvalue weighted by atomic mass is 16.5. The molecule has 0 atom stereocenters. The molecule has 0 aliphatic rings. The number of aromatic nitrogens is 4. The molecule has 0 aliphatic heterocycles. The van der Waals surface area contributed by atoms with Crippen LogP contribution in [0.3, 0.4) is 0 Å². The molecule has 9 nitrogen and oxygen atoms in total. The number of esters is 1. The fourth-order valence-corrected chi connectivity index (χ4v) is 3.49. The number of benzene rings is 2. The zero-order valence-corrected chi connectivity index (χ0v) is 18.5. The van der Waals surface area contributed by atoms with Gasteiger partial charge in [-0.15, -0.1) is 0 Å². The quantitative estimate of drug-likeness (QED) is 0.457. The highest BCUT2D eigenvalue weighted by molar-refractivity contribution is 5.94. The number of nitrogens with one attached hydrogen (secondary N) is 1. The van der Waals surface area contributed by atoms with E-state index in [4.69, 9.17) is 4.74 Å². The van der Waals surface area contributed by atoms with Crippen molar-refractivity contribution in [3.63, 3.8) is 0 Å². The highest BCUT2D eigenvalue weighted by Gasteiger charge is 2.17. The van der Waals surface area contributed by atoms with Crippen molar-refractivity contribution in [3.8, 4) is 5.69 Å². The summed E-state index contributed by atoms with van der Waals surface area (Å²) in [5, 5.41) is 7.66. The number of hydrogen-bond acceptors (Lipinski definition) is 6. The zero-order chi connectivity index (χ0) is 23.5. The monoisotopic (exact) mass is 445 g/mol. The molecule has 0 fully saturated rings. The Morgan fingerprint density at radius 3 is 2.52 bits per heavy atom. The van der Waals surface area contributed by atoms with Crippen molar-refractivity contribution in [2.45, 2.75) is 27.3 Å². The lowest BCUT2D eigenvalue weighted by atomic mass is 10.2. The van der Waals surface area contributed by atoms with Crippen molar-refractivity contribution in [1.29, 1.82) is 0 Å². The molecule has 2 aromatic heterocycles. The Morgan fingerprint density at radius 1 is 1.03 bits per heavy atom. The Bertz CT molecular complexity index is 1400. The number of anilines is 1. The molecule has 0 saturated carbocycles. The lowest BCUT2D eigenvalue weighted by Crippen LogP contribution is -2.28. The maximum Gasteiger partial charge on any atom is 0.326 e. The van der Waals surface area contributed by atoms with Gasteiger partial charge in [-0.3, -0.25) is 19.0 Å². The number of amides is 1. The predicted molar refractivity (Wildman–Crippen MR) is 123 cm³/mol. The summed E-state index contributed by atoms with van der Waals surface area (Å²) in [6, 6.07) is 14.7. The van der Waals surface area contributed by atoms with Crippen LogP contribution in [0.1, 0.15) is 17.0 Å². The summed E-state index contributed by atoms with van der Waals surface area (Å²) in [4.78, 5) is 41.2. The first kappa shape index (κ1) is 21.9. The number of carbonyl (C=O) groups excluding carboxylic acids is 2. The van der Waals surface area contributed by atoms with E-state index in [-0.39, 0.29) is 12.1 Å². The van der Waals surface area contributed by atoms with Crippen LogP contribution in [0, 0.1) is 20.8 Å². The van der Waals surface area contributed by atoms with Gasteiger partial charge < -0.3 is 10.1 Å². The summed E-state index contributed by atoms with van der Waals surface area (Å²) in [5.74, 6) is -1.21. The van der Waals surface area contributed by atoms with E-state index in [2.05, 4.69) is 15.4 Å². The van der Waals surface area contributed by atoms with Gasteiger partial charge in [0.05, 0.1) is 40.0 Å². The van der Waals surface area contributed by atoms with Gasteiger partial charge in [0.15, 0.2) is 6.61 Å². The summed E-state index contributed by atoms with van der Waals surface area (Å²) in [7, 11) is 0. The SMILES string of the molecule is Cc1ccc(-n2nc(C)c(NC(=O)COC(=O)Cn3cnc4ccccc4c3=O)c2C)cc1. The molecule has 0 bridgehead atoms. The summed E-state index contributed by atoms with van der Waals surface area (Å²) in [6.07, 6.45) is 1.29. The third kappa shape index (κ3) is 4.67. The molecule has 0 spiro atoms. The zero-order valence-electron chi connectivity index (χ0n) is 18.5.